The molecule has 0 aromatic heterocycles. The van der Waals surface area contributed by atoms with Crippen molar-refractivity contribution in [3.05, 3.63) is 35.4 Å². The molecule has 0 amide bonds. The Morgan fingerprint density at radius 1 is 1.11 bits per heavy atom. The minimum atomic E-state index is -4.21. The molecule has 18 heavy (non-hydrogen) atoms. The minimum absolute atomic E-state index is 0.0635. The second-order valence-corrected chi connectivity index (χ2v) is 4.67. The second-order valence-electron chi connectivity index (χ2n) is 3.51. The quantitative estimate of drug-likeness (QED) is 0.627. The number of rotatable bonds is 6. The molecule has 102 valence electrons. The van der Waals surface area contributed by atoms with Crippen LogP contribution >= 0.6 is 11.8 Å². The van der Waals surface area contributed by atoms with E-state index in [1.165, 1.54) is 24.3 Å². The Labute approximate surface area is 106 Å². The molecule has 0 heterocycles. The molecule has 0 aliphatic rings. The third-order valence-electron chi connectivity index (χ3n) is 2.11. The van der Waals surface area contributed by atoms with E-state index in [4.69, 9.17) is 0 Å². The number of alkyl halides is 5. The number of nitrogens with one attached hydrogen (secondary N) is 1. The van der Waals surface area contributed by atoms with Crippen LogP contribution in [-0.2, 0) is 6.54 Å². The van der Waals surface area contributed by atoms with Gasteiger partial charge >= 0.3 is 5.51 Å². The number of benzene rings is 1. The normalized spacial score (nSPS) is 12.1. The van der Waals surface area contributed by atoms with Gasteiger partial charge in [-0.1, -0.05) is 24.3 Å². The van der Waals surface area contributed by atoms with Gasteiger partial charge in [0.05, 0.1) is 0 Å². The van der Waals surface area contributed by atoms with Crippen LogP contribution in [0.5, 0.6) is 0 Å². The maximum absolute atomic E-state index is 12.2. The average molecular weight is 285 g/mol. The van der Waals surface area contributed by atoms with Gasteiger partial charge in [0.1, 0.15) is 0 Å². The Hall–Kier alpha value is -0.820. The first-order valence-corrected chi connectivity index (χ1v) is 6.15. The first-order chi connectivity index (χ1) is 8.38. The van der Waals surface area contributed by atoms with Gasteiger partial charge in [-0.25, -0.2) is 8.78 Å². The van der Waals surface area contributed by atoms with E-state index in [0.717, 1.165) is 5.56 Å². The smallest absolute Gasteiger partial charge is 0.312 e. The van der Waals surface area contributed by atoms with E-state index in [9.17, 15) is 22.0 Å². The molecule has 0 saturated heterocycles. The van der Waals surface area contributed by atoms with Crippen LogP contribution in [0.15, 0.2) is 24.3 Å². The molecule has 1 aromatic carbocycles. The maximum Gasteiger partial charge on any atom is 0.441 e. The zero-order valence-electron chi connectivity index (χ0n) is 9.31. The summed E-state index contributed by atoms with van der Waals surface area (Å²) in [6.07, 6.45) is -2.50. The van der Waals surface area contributed by atoms with Crippen LogP contribution in [0.3, 0.4) is 0 Å². The van der Waals surface area contributed by atoms with Crippen molar-refractivity contribution in [2.45, 2.75) is 18.5 Å². The summed E-state index contributed by atoms with van der Waals surface area (Å²) in [6, 6.07) is 5.69. The molecule has 0 radical (unpaired) electrons. The number of hydrogen-bond acceptors (Lipinski definition) is 2. The fourth-order valence-electron chi connectivity index (χ4n) is 1.25. The van der Waals surface area contributed by atoms with Crippen molar-refractivity contribution in [3.8, 4) is 0 Å². The van der Waals surface area contributed by atoms with Crippen molar-refractivity contribution < 1.29 is 22.0 Å². The summed E-state index contributed by atoms with van der Waals surface area (Å²) in [5, 5.41) is 2.81. The lowest BCUT2D eigenvalue weighted by atomic mass is 10.1. The van der Waals surface area contributed by atoms with E-state index in [1.54, 1.807) is 0 Å². The van der Waals surface area contributed by atoms with Gasteiger partial charge < -0.3 is 5.32 Å². The Bertz CT molecular complexity index is 349. The van der Waals surface area contributed by atoms with Crippen LogP contribution < -0.4 is 5.32 Å². The van der Waals surface area contributed by atoms with Gasteiger partial charge in [-0.3, -0.25) is 0 Å². The molecule has 1 rings (SSSR count). The summed E-state index contributed by atoms with van der Waals surface area (Å²) in [6.45, 7) is 0.572. The zero-order chi connectivity index (χ0) is 13.6. The topological polar surface area (TPSA) is 12.0 Å². The summed E-state index contributed by atoms with van der Waals surface area (Å²) in [4.78, 5) is 0. The maximum atomic E-state index is 12.2. The largest absolute Gasteiger partial charge is 0.441 e. The molecule has 0 aliphatic heterocycles. The van der Waals surface area contributed by atoms with Gasteiger partial charge in [-0.2, -0.15) is 13.2 Å². The zero-order valence-corrected chi connectivity index (χ0v) is 10.1. The van der Waals surface area contributed by atoms with E-state index in [2.05, 4.69) is 5.32 Å². The molecule has 0 spiro atoms. The predicted molar refractivity (Wildman–Crippen MR) is 61.6 cm³/mol. The molecular formula is C11H12F5NS. The first-order valence-electron chi connectivity index (χ1n) is 5.17. The minimum Gasteiger partial charge on any atom is -0.312 e. The van der Waals surface area contributed by atoms with E-state index in [0.29, 0.717) is 6.54 Å². The molecular weight excluding hydrogens is 273 g/mol. The van der Waals surface area contributed by atoms with Crippen molar-refractivity contribution in [2.24, 2.45) is 0 Å². The van der Waals surface area contributed by atoms with Crippen molar-refractivity contribution in [2.75, 3.05) is 12.3 Å². The number of hydrogen-bond donors (Lipinski definition) is 1. The van der Waals surface area contributed by atoms with E-state index >= 15 is 0 Å². The number of thioether (sulfide) groups is 1. The lowest BCUT2D eigenvalue weighted by molar-refractivity contribution is -0.0327. The molecule has 0 saturated carbocycles. The Kier molecular flexibility index (Phi) is 5.87. The van der Waals surface area contributed by atoms with E-state index in [1.807, 2.05) is 0 Å². The molecule has 1 nitrogen and oxygen atoms in total. The highest BCUT2D eigenvalue weighted by Crippen LogP contribution is 2.29. The highest BCUT2D eigenvalue weighted by molar-refractivity contribution is 8.00. The van der Waals surface area contributed by atoms with Crippen LogP contribution in [0.2, 0.25) is 0 Å². The molecule has 0 fully saturated rings. The molecule has 1 N–H and O–H groups in total. The lowest BCUT2D eigenvalue weighted by Crippen LogP contribution is -2.18. The van der Waals surface area contributed by atoms with Gasteiger partial charge in [-0.15, -0.1) is 0 Å². The highest BCUT2D eigenvalue weighted by atomic mass is 32.2. The average Bonchev–Trinajstić information content (AvgIpc) is 2.27. The van der Waals surface area contributed by atoms with Gasteiger partial charge in [0.15, 0.2) is 0 Å². The van der Waals surface area contributed by atoms with Crippen molar-refractivity contribution in [1.82, 2.24) is 5.32 Å². The SMILES string of the molecule is FC(F)c1ccc(CNCCSC(F)(F)F)cc1. The molecule has 7 heteroatoms. The Morgan fingerprint density at radius 2 is 1.72 bits per heavy atom. The number of halogens is 5. The molecule has 0 atom stereocenters. The predicted octanol–water partition coefficient (Wildman–Crippen LogP) is 3.97. The highest BCUT2D eigenvalue weighted by Gasteiger charge is 2.27. The van der Waals surface area contributed by atoms with E-state index < -0.39 is 11.9 Å². The Morgan fingerprint density at radius 3 is 2.22 bits per heavy atom. The van der Waals surface area contributed by atoms with Crippen LogP contribution in [0.4, 0.5) is 22.0 Å². The van der Waals surface area contributed by atoms with Gasteiger partial charge in [0.25, 0.3) is 6.43 Å². The van der Waals surface area contributed by atoms with Crippen molar-refractivity contribution in [1.29, 1.82) is 0 Å². The van der Waals surface area contributed by atoms with Crippen LogP contribution in [-0.4, -0.2) is 17.8 Å². The van der Waals surface area contributed by atoms with Crippen molar-refractivity contribution in [3.63, 3.8) is 0 Å². The van der Waals surface area contributed by atoms with Gasteiger partial charge in [0, 0.05) is 24.4 Å². The molecule has 0 bridgehead atoms. The van der Waals surface area contributed by atoms with E-state index in [-0.39, 0.29) is 29.6 Å². The third-order valence-corrected chi connectivity index (χ3v) is 2.84. The van der Waals surface area contributed by atoms with Gasteiger partial charge in [-0.05, 0) is 17.3 Å². The van der Waals surface area contributed by atoms with Crippen LogP contribution in [0, 0.1) is 0 Å². The summed E-state index contributed by atoms with van der Waals surface area (Å²) in [5.41, 5.74) is -3.51. The second kappa shape index (κ2) is 6.94. The third kappa shape index (κ3) is 6.20. The lowest BCUT2D eigenvalue weighted by Gasteiger charge is -2.07. The van der Waals surface area contributed by atoms with Crippen LogP contribution in [0.25, 0.3) is 0 Å². The van der Waals surface area contributed by atoms with Crippen molar-refractivity contribution >= 4 is 11.8 Å². The summed E-state index contributed by atoms with van der Waals surface area (Å²) in [5.74, 6) is -0.0708. The fraction of sp³-hybridized carbons (Fsp3) is 0.455. The molecule has 0 unspecified atom stereocenters. The summed E-state index contributed by atoms with van der Waals surface area (Å²) in [7, 11) is 0. The first kappa shape index (κ1) is 15.2. The van der Waals surface area contributed by atoms with Crippen LogP contribution in [0.1, 0.15) is 17.6 Å². The summed E-state index contributed by atoms with van der Waals surface area (Å²) >= 11 is -0.0866. The standard InChI is InChI=1S/C11H12F5NS/c12-10(13)9-3-1-8(2-4-9)7-17-5-6-18-11(14,15)16/h1-4,10,17H,5-7H2. The molecule has 1 aromatic rings. The monoisotopic (exact) mass is 285 g/mol. The fourth-order valence-corrected chi connectivity index (χ4v) is 1.73. The Balaban J connectivity index is 2.23. The summed E-state index contributed by atoms with van der Waals surface area (Å²) < 4.78 is 59.8. The molecule has 0 aliphatic carbocycles. The van der Waals surface area contributed by atoms with Gasteiger partial charge in [0.2, 0.25) is 0 Å².